The van der Waals surface area contributed by atoms with Gasteiger partial charge < -0.3 is 14.2 Å². The summed E-state index contributed by atoms with van der Waals surface area (Å²) in [6.07, 6.45) is 0.311. The molecule has 1 N–H and O–H groups in total. The van der Waals surface area contributed by atoms with Crippen LogP contribution in [0.2, 0.25) is 0 Å². The van der Waals surface area contributed by atoms with E-state index in [1.807, 2.05) is 4.72 Å². The Labute approximate surface area is 136 Å². The van der Waals surface area contributed by atoms with Crippen LogP contribution in [-0.2, 0) is 19.6 Å². The summed E-state index contributed by atoms with van der Waals surface area (Å²) >= 11 is 0. The van der Waals surface area contributed by atoms with Crippen LogP contribution in [-0.4, -0.2) is 40.2 Å². The second-order valence-corrected chi connectivity index (χ2v) is 6.66. The molecule has 0 fully saturated rings. The molecular weight excluding hydrogens is 322 g/mol. The fourth-order valence-corrected chi connectivity index (χ4v) is 3.17. The molecule has 0 saturated heterocycles. The monoisotopic (exact) mass is 343 g/mol. The Bertz CT molecular complexity index is 658. The van der Waals surface area contributed by atoms with Crippen LogP contribution in [0.15, 0.2) is 23.1 Å². The minimum atomic E-state index is -3.99. The maximum atomic E-state index is 12.4. The van der Waals surface area contributed by atoms with Crippen LogP contribution in [0.3, 0.4) is 0 Å². The van der Waals surface area contributed by atoms with Crippen LogP contribution in [0.4, 0.5) is 0 Å². The van der Waals surface area contributed by atoms with Crippen molar-refractivity contribution >= 4 is 15.9 Å². The van der Waals surface area contributed by atoms with E-state index in [0.29, 0.717) is 37.7 Å². The number of sulfonamides is 1. The van der Waals surface area contributed by atoms with E-state index in [1.54, 1.807) is 13.8 Å². The topological polar surface area (TPSA) is 90.9 Å². The third-order valence-electron chi connectivity index (χ3n) is 3.30. The van der Waals surface area contributed by atoms with Crippen LogP contribution < -0.4 is 14.2 Å². The summed E-state index contributed by atoms with van der Waals surface area (Å²) in [5.41, 5.74) is 0. The van der Waals surface area contributed by atoms with Gasteiger partial charge in [-0.25, -0.2) is 13.1 Å². The van der Waals surface area contributed by atoms with Gasteiger partial charge in [-0.3, -0.25) is 4.79 Å². The largest absolute Gasteiger partial charge is 0.490 e. The zero-order valence-electron chi connectivity index (χ0n) is 13.2. The maximum Gasteiger partial charge on any atom is 0.264 e. The Hall–Kier alpha value is -1.80. The Morgan fingerprint density at radius 2 is 1.96 bits per heavy atom. The minimum absolute atomic E-state index is 0.0542. The second kappa shape index (κ2) is 7.65. The first kappa shape index (κ1) is 17.6. The van der Waals surface area contributed by atoms with E-state index < -0.39 is 22.0 Å². The average Bonchev–Trinajstić information content (AvgIpc) is 2.76. The standard InChI is InChI=1S/C15H21NO6S/c1-3-12(20-4-2)15(17)16-23(18,19)11-6-7-13-14(10-11)22-9-5-8-21-13/h6-7,10,12H,3-5,8-9H2,1-2H3,(H,16,17)/t12-/m1/s1. The molecule has 0 bridgehead atoms. The lowest BCUT2D eigenvalue weighted by atomic mass is 10.3. The third-order valence-corrected chi connectivity index (χ3v) is 4.64. The van der Waals surface area contributed by atoms with E-state index in [9.17, 15) is 13.2 Å². The number of ether oxygens (including phenoxy) is 3. The molecule has 1 aliphatic heterocycles. The summed E-state index contributed by atoms with van der Waals surface area (Å²) in [4.78, 5) is 12.0. The van der Waals surface area contributed by atoms with Crippen molar-refractivity contribution in [3.63, 3.8) is 0 Å². The molecule has 1 aliphatic rings. The number of amides is 1. The second-order valence-electron chi connectivity index (χ2n) is 4.98. The number of carbonyl (C=O) groups is 1. The van der Waals surface area contributed by atoms with Gasteiger partial charge in [0.15, 0.2) is 11.5 Å². The third kappa shape index (κ3) is 4.35. The molecule has 2 rings (SSSR count). The summed E-state index contributed by atoms with van der Waals surface area (Å²) in [5.74, 6) is 0.171. The van der Waals surface area contributed by atoms with Crippen LogP contribution >= 0.6 is 0 Å². The van der Waals surface area contributed by atoms with Gasteiger partial charge in [-0.1, -0.05) is 6.92 Å². The summed E-state index contributed by atoms with van der Waals surface area (Å²) in [7, 11) is -3.99. The average molecular weight is 343 g/mol. The molecule has 0 radical (unpaired) electrons. The van der Waals surface area contributed by atoms with Crippen molar-refractivity contribution in [2.45, 2.75) is 37.7 Å². The smallest absolute Gasteiger partial charge is 0.264 e. The predicted octanol–water partition coefficient (Wildman–Crippen LogP) is 1.47. The molecule has 0 aliphatic carbocycles. The summed E-state index contributed by atoms with van der Waals surface area (Å²) in [6.45, 7) is 4.79. The highest BCUT2D eigenvalue weighted by molar-refractivity contribution is 7.90. The van der Waals surface area contributed by atoms with Gasteiger partial charge in [-0.05, 0) is 25.5 Å². The first-order valence-corrected chi connectivity index (χ1v) is 9.04. The first-order valence-electron chi connectivity index (χ1n) is 7.55. The van der Waals surface area contributed by atoms with Crippen molar-refractivity contribution in [2.75, 3.05) is 19.8 Å². The van der Waals surface area contributed by atoms with E-state index in [0.717, 1.165) is 6.42 Å². The summed E-state index contributed by atoms with van der Waals surface area (Å²) in [5, 5.41) is 0. The van der Waals surface area contributed by atoms with Crippen molar-refractivity contribution in [3.8, 4) is 11.5 Å². The van der Waals surface area contributed by atoms with E-state index >= 15 is 0 Å². The number of nitrogens with one attached hydrogen (secondary N) is 1. The molecule has 1 aromatic rings. The normalized spacial score (nSPS) is 15.6. The maximum absolute atomic E-state index is 12.4. The molecule has 0 aromatic heterocycles. The van der Waals surface area contributed by atoms with E-state index in [1.165, 1.54) is 18.2 Å². The van der Waals surface area contributed by atoms with Crippen LogP contribution in [0, 0.1) is 0 Å². The first-order chi connectivity index (χ1) is 11.0. The Balaban J connectivity index is 2.19. The highest BCUT2D eigenvalue weighted by Crippen LogP contribution is 2.31. The summed E-state index contributed by atoms with van der Waals surface area (Å²) < 4.78 is 42.9. The number of rotatable bonds is 6. The van der Waals surface area contributed by atoms with Crippen molar-refractivity contribution in [2.24, 2.45) is 0 Å². The fourth-order valence-electron chi connectivity index (χ4n) is 2.15. The number of carbonyl (C=O) groups excluding carboxylic acids is 1. The van der Waals surface area contributed by atoms with Crippen molar-refractivity contribution in [3.05, 3.63) is 18.2 Å². The van der Waals surface area contributed by atoms with Crippen LogP contribution in [0.25, 0.3) is 0 Å². The molecule has 128 valence electrons. The Morgan fingerprint density at radius 1 is 1.26 bits per heavy atom. The number of hydrogen-bond acceptors (Lipinski definition) is 6. The van der Waals surface area contributed by atoms with Gasteiger partial charge >= 0.3 is 0 Å². The van der Waals surface area contributed by atoms with Gasteiger partial charge in [0.05, 0.1) is 18.1 Å². The highest BCUT2D eigenvalue weighted by Gasteiger charge is 2.25. The lowest BCUT2D eigenvalue weighted by Crippen LogP contribution is -2.39. The van der Waals surface area contributed by atoms with Gasteiger partial charge in [0.1, 0.15) is 6.10 Å². The van der Waals surface area contributed by atoms with Crippen LogP contribution in [0.5, 0.6) is 11.5 Å². The molecular formula is C15H21NO6S. The zero-order chi connectivity index (χ0) is 16.9. The quantitative estimate of drug-likeness (QED) is 0.841. The number of fused-ring (bicyclic) bond motifs is 1. The molecule has 1 amide bonds. The van der Waals surface area contributed by atoms with Gasteiger partial charge in [0.2, 0.25) is 0 Å². The molecule has 1 atom stereocenters. The molecule has 1 aromatic carbocycles. The lowest BCUT2D eigenvalue weighted by molar-refractivity contribution is -0.130. The van der Waals surface area contributed by atoms with Gasteiger partial charge in [0, 0.05) is 19.1 Å². The molecule has 1 heterocycles. The number of benzene rings is 1. The lowest BCUT2D eigenvalue weighted by Gasteiger charge is -2.15. The van der Waals surface area contributed by atoms with Gasteiger partial charge in [0.25, 0.3) is 15.9 Å². The van der Waals surface area contributed by atoms with Gasteiger partial charge in [-0.15, -0.1) is 0 Å². The summed E-state index contributed by atoms with van der Waals surface area (Å²) in [6, 6.07) is 4.27. The van der Waals surface area contributed by atoms with Crippen molar-refractivity contribution in [1.29, 1.82) is 0 Å². The molecule has 8 heteroatoms. The number of hydrogen-bond donors (Lipinski definition) is 1. The van der Waals surface area contributed by atoms with E-state index in [-0.39, 0.29) is 4.90 Å². The molecule has 0 spiro atoms. The Kier molecular flexibility index (Phi) is 5.84. The highest BCUT2D eigenvalue weighted by atomic mass is 32.2. The molecule has 0 saturated carbocycles. The SMILES string of the molecule is CCO[C@H](CC)C(=O)NS(=O)(=O)c1ccc2c(c1)OCCCO2. The predicted molar refractivity (Wildman–Crippen MR) is 83.1 cm³/mol. The molecule has 7 nitrogen and oxygen atoms in total. The van der Waals surface area contributed by atoms with E-state index in [2.05, 4.69) is 0 Å². The minimum Gasteiger partial charge on any atom is -0.490 e. The molecule has 0 unspecified atom stereocenters. The molecule has 23 heavy (non-hydrogen) atoms. The van der Waals surface area contributed by atoms with Crippen molar-refractivity contribution < 1.29 is 27.4 Å². The Morgan fingerprint density at radius 3 is 2.61 bits per heavy atom. The zero-order valence-corrected chi connectivity index (χ0v) is 14.0. The van der Waals surface area contributed by atoms with E-state index in [4.69, 9.17) is 14.2 Å². The fraction of sp³-hybridized carbons (Fsp3) is 0.533. The van der Waals surface area contributed by atoms with Crippen molar-refractivity contribution in [1.82, 2.24) is 4.72 Å². The van der Waals surface area contributed by atoms with Crippen LogP contribution in [0.1, 0.15) is 26.7 Å². The van der Waals surface area contributed by atoms with Gasteiger partial charge in [-0.2, -0.15) is 0 Å².